The molecule has 140 valence electrons. The van der Waals surface area contributed by atoms with Crippen LogP contribution in [0.5, 0.6) is 0 Å². The van der Waals surface area contributed by atoms with Crippen LogP contribution in [0.15, 0.2) is 54.6 Å². The second-order valence-electron chi connectivity index (χ2n) is 6.71. The molecule has 27 heavy (non-hydrogen) atoms. The van der Waals surface area contributed by atoms with Gasteiger partial charge in [0, 0.05) is 37.7 Å². The monoisotopic (exact) mass is 365 g/mol. The Hall–Kier alpha value is -3.15. The number of likely N-dealkylation sites (tertiary alicyclic amines) is 1. The number of nitrogens with one attached hydrogen (secondary N) is 2. The van der Waals surface area contributed by atoms with E-state index in [0.717, 1.165) is 6.42 Å². The van der Waals surface area contributed by atoms with E-state index in [-0.39, 0.29) is 23.8 Å². The molecule has 1 fully saturated rings. The molecule has 0 aliphatic carbocycles. The summed E-state index contributed by atoms with van der Waals surface area (Å²) in [4.78, 5) is 37.7. The maximum absolute atomic E-state index is 12.5. The number of hydrogen-bond donors (Lipinski definition) is 2. The van der Waals surface area contributed by atoms with Crippen LogP contribution < -0.4 is 10.6 Å². The maximum atomic E-state index is 12.5. The van der Waals surface area contributed by atoms with Gasteiger partial charge >= 0.3 is 0 Å². The number of nitrogens with zero attached hydrogens (tertiary/aromatic N) is 1. The smallest absolute Gasteiger partial charge is 0.251 e. The molecule has 0 aromatic heterocycles. The summed E-state index contributed by atoms with van der Waals surface area (Å²) in [6, 6.07) is 16.6. The molecule has 2 aromatic carbocycles. The van der Waals surface area contributed by atoms with Gasteiger partial charge in [0.25, 0.3) is 5.91 Å². The Morgan fingerprint density at radius 3 is 2.63 bits per heavy atom. The van der Waals surface area contributed by atoms with Gasteiger partial charge in [-0.05, 0) is 30.2 Å². The molecule has 1 aliphatic rings. The molecule has 1 atom stereocenters. The summed E-state index contributed by atoms with van der Waals surface area (Å²) in [5.41, 5.74) is 2.21. The summed E-state index contributed by atoms with van der Waals surface area (Å²) in [5.74, 6) is -0.379. The number of carbonyl (C=O) groups is 3. The van der Waals surface area contributed by atoms with E-state index in [1.165, 1.54) is 12.5 Å². The van der Waals surface area contributed by atoms with Gasteiger partial charge in [0.1, 0.15) is 0 Å². The Bertz CT molecular complexity index is 836. The Kier molecular flexibility index (Phi) is 5.86. The molecule has 3 rings (SSSR count). The van der Waals surface area contributed by atoms with Gasteiger partial charge in [0.05, 0.1) is 6.04 Å². The first kappa shape index (κ1) is 18.6. The third-order valence-electron chi connectivity index (χ3n) is 4.51. The van der Waals surface area contributed by atoms with Crippen LogP contribution in [0.1, 0.15) is 29.3 Å². The van der Waals surface area contributed by atoms with Crippen LogP contribution in [-0.2, 0) is 16.0 Å². The normalized spacial score (nSPS) is 16.3. The van der Waals surface area contributed by atoms with E-state index in [4.69, 9.17) is 0 Å². The summed E-state index contributed by atoms with van der Waals surface area (Å²) < 4.78 is 0. The molecule has 1 heterocycles. The Labute approximate surface area is 158 Å². The highest BCUT2D eigenvalue weighted by molar-refractivity contribution is 5.97. The number of hydrogen-bond acceptors (Lipinski definition) is 3. The first-order valence-electron chi connectivity index (χ1n) is 9.01. The summed E-state index contributed by atoms with van der Waals surface area (Å²) >= 11 is 0. The Balaban J connectivity index is 1.54. The molecule has 0 spiro atoms. The Morgan fingerprint density at radius 2 is 1.89 bits per heavy atom. The molecular weight excluding hydrogens is 342 g/mol. The van der Waals surface area contributed by atoms with Crippen molar-refractivity contribution in [1.29, 1.82) is 0 Å². The van der Waals surface area contributed by atoms with Crippen LogP contribution >= 0.6 is 0 Å². The highest BCUT2D eigenvalue weighted by Gasteiger charge is 2.30. The summed E-state index contributed by atoms with van der Waals surface area (Å²) in [7, 11) is 0. The van der Waals surface area contributed by atoms with Crippen LogP contribution in [0, 0.1) is 0 Å². The average molecular weight is 365 g/mol. The molecule has 6 nitrogen and oxygen atoms in total. The van der Waals surface area contributed by atoms with E-state index < -0.39 is 0 Å². The van der Waals surface area contributed by atoms with Crippen LogP contribution in [0.3, 0.4) is 0 Å². The zero-order chi connectivity index (χ0) is 19.2. The van der Waals surface area contributed by atoms with E-state index in [1.54, 1.807) is 29.2 Å². The lowest BCUT2D eigenvalue weighted by atomic mass is 10.1. The zero-order valence-corrected chi connectivity index (χ0v) is 15.3. The predicted octanol–water partition coefficient (Wildman–Crippen LogP) is 2.22. The molecule has 0 unspecified atom stereocenters. The summed E-state index contributed by atoms with van der Waals surface area (Å²) in [5, 5.41) is 5.58. The first-order chi connectivity index (χ1) is 13.0. The van der Waals surface area contributed by atoms with Gasteiger partial charge in [-0.25, -0.2) is 0 Å². The fourth-order valence-corrected chi connectivity index (χ4v) is 3.20. The minimum Gasteiger partial charge on any atom is -0.347 e. The van der Waals surface area contributed by atoms with Gasteiger partial charge < -0.3 is 15.5 Å². The van der Waals surface area contributed by atoms with E-state index in [2.05, 4.69) is 10.6 Å². The highest BCUT2D eigenvalue weighted by atomic mass is 16.2. The van der Waals surface area contributed by atoms with Crippen molar-refractivity contribution in [2.24, 2.45) is 0 Å². The van der Waals surface area contributed by atoms with E-state index in [0.29, 0.717) is 30.8 Å². The third kappa shape index (κ3) is 5.17. The second kappa shape index (κ2) is 8.49. The highest BCUT2D eigenvalue weighted by Crippen LogP contribution is 2.15. The van der Waals surface area contributed by atoms with Gasteiger partial charge in [-0.15, -0.1) is 0 Å². The van der Waals surface area contributed by atoms with Crippen LogP contribution in [0.2, 0.25) is 0 Å². The van der Waals surface area contributed by atoms with Crippen LogP contribution in [0.4, 0.5) is 5.69 Å². The molecule has 2 aromatic rings. The van der Waals surface area contributed by atoms with Crippen molar-refractivity contribution in [3.05, 3.63) is 65.7 Å². The minimum absolute atomic E-state index is 0.0585. The average Bonchev–Trinajstić information content (AvgIpc) is 2.99. The lowest BCUT2D eigenvalue weighted by Crippen LogP contribution is -2.37. The van der Waals surface area contributed by atoms with Gasteiger partial charge in [0.15, 0.2) is 0 Å². The topological polar surface area (TPSA) is 78.5 Å². The third-order valence-corrected chi connectivity index (χ3v) is 4.51. The number of amides is 3. The van der Waals surface area contributed by atoms with Crippen LogP contribution in [0.25, 0.3) is 0 Å². The van der Waals surface area contributed by atoms with Crippen LogP contribution in [-0.4, -0.2) is 41.8 Å². The second-order valence-corrected chi connectivity index (χ2v) is 6.71. The molecule has 0 bridgehead atoms. The minimum atomic E-state index is -0.245. The molecule has 1 saturated heterocycles. The van der Waals surface area contributed by atoms with Crippen molar-refractivity contribution in [1.82, 2.24) is 10.2 Å². The van der Waals surface area contributed by atoms with E-state index in [1.807, 2.05) is 30.3 Å². The first-order valence-corrected chi connectivity index (χ1v) is 9.01. The van der Waals surface area contributed by atoms with Crippen molar-refractivity contribution < 1.29 is 14.4 Å². The molecule has 1 aliphatic heterocycles. The standard InChI is InChI=1S/C21H23N3O3/c1-15(25)22-18-9-5-8-17(12-18)21(27)23-19-13-20(26)24(14-19)11-10-16-6-3-2-4-7-16/h2-9,12,19H,10-11,13-14H2,1H3,(H,22,25)(H,23,27)/t19-/m1/s1. The molecular formula is C21H23N3O3. The molecule has 0 saturated carbocycles. The Morgan fingerprint density at radius 1 is 1.11 bits per heavy atom. The number of rotatable bonds is 6. The van der Waals surface area contributed by atoms with Gasteiger partial charge in [0.2, 0.25) is 11.8 Å². The van der Waals surface area contributed by atoms with Gasteiger partial charge in [-0.2, -0.15) is 0 Å². The van der Waals surface area contributed by atoms with Crippen molar-refractivity contribution in [2.75, 3.05) is 18.4 Å². The SMILES string of the molecule is CC(=O)Nc1cccc(C(=O)N[C@@H]2CC(=O)N(CCc3ccccc3)C2)c1. The largest absolute Gasteiger partial charge is 0.347 e. The zero-order valence-electron chi connectivity index (χ0n) is 15.3. The van der Waals surface area contributed by atoms with Crippen molar-refractivity contribution >= 4 is 23.4 Å². The van der Waals surface area contributed by atoms with Crippen molar-refractivity contribution in [2.45, 2.75) is 25.8 Å². The molecule has 2 N–H and O–H groups in total. The molecule has 0 radical (unpaired) electrons. The van der Waals surface area contributed by atoms with E-state index >= 15 is 0 Å². The molecule has 6 heteroatoms. The van der Waals surface area contributed by atoms with Crippen molar-refractivity contribution in [3.63, 3.8) is 0 Å². The van der Waals surface area contributed by atoms with E-state index in [9.17, 15) is 14.4 Å². The fourth-order valence-electron chi connectivity index (χ4n) is 3.20. The fraction of sp³-hybridized carbons (Fsp3) is 0.286. The summed E-state index contributed by atoms with van der Waals surface area (Å²) in [6.45, 7) is 2.58. The lowest BCUT2D eigenvalue weighted by molar-refractivity contribution is -0.127. The quantitative estimate of drug-likeness (QED) is 0.824. The number of carbonyl (C=O) groups excluding carboxylic acids is 3. The van der Waals surface area contributed by atoms with Crippen molar-refractivity contribution in [3.8, 4) is 0 Å². The number of benzene rings is 2. The number of anilines is 1. The van der Waals surface area contributed by atoms with Gasteiger partial charge in [-0.3, -0.25) is 14.4 Å². The molecule has 3 amide bonds. The van der Waals surface area contributed by atoms with Gasteiger partial charge in [-0.1, -0.05) is 36.4 Å². The lowest BCUT2D eigenvalue weighted by Gasteiger charge is -2.17. The summed E-state index contributed by atoms with van der Waals surface area (Å²) in [6.07, 6.45) is 1.11. The maximum Gasteiger partial charge on any atom is 0.251 e. The predicted molar refractivity (Wildman–Crippen MR) is 103 cm³/mol.